The first-order valence-corrected chi connectivity index (χ1v) is 21.2. The fraction of sp³-hybridized carbons (Fsp3) is 0.320. The van der Waals surface area contributed by atoms with E-state index >= 15 is 0 Å². The van der Waals surface area contributed by atoms with Crippen LogP contribution in [-0.4, -0.2) is 57.8 Å². The quantitative estimate of drug-likeness (QED) is 0.114. The van der Waals surface area contributed by atoms with Gasteiger partial charge in [0.05, 0.1) is 25.3 Å². The second-order valence-corrected chi connectivity index (χ2v) is 16.0. The maximum atomic E-state index is 14.4. The Bertz CT molecular complexity index is 2330. The maximum absolute atomic E-state index is 14.4. The van der Waals surface area contributed by atoms with Gasteiger partial charge in [-0.15, -0.1) is 0 Å². The van der Waals surface area contributed by atoms with Gasteiger partial charge in [0.15, 0.2) is 23.2 Å². The Morgan fingerprint density at radius 2 is 0.935 bits per heavy atom. The lowest BCUT2D eigenvalue weighted by atomic mass is 9.79. The first-order chi connectivity index (χ1) is 30.1. The smallest absolute Gasteiger partial charge is 0.185 e. The van der Waals surface area contributed by atoms with Crippen LogP contribution in [-0.2, 0) is 12.8 Å². The average Bonchev–Trinajstić information content (AvgIpc) is 3.30. The molecule has 320 valence electrons. The largest absolute Gasteiger partial charge is 0.496 e. The minimum atomic E-state index is -0.496. The van der Waals surface area contributed by atoms with E-state index in [1.165, 1.54) is 49.9 Å². The zero-order valence-corrected chi connectivity index (χ0v) is 35.1. The van der Waals surface area contributed by atoms with Crippen LogP contribution in [0.5, 0.6) is 11.5 Å². The fourth-order valence-corrected chi connectivity index (χ4v) is 8.63. The van der Waals surface area contributed by atoms with Gasteiger partial charge in [0.25, 0.3) is 0 Å². The minimum absolute atomic E-state index is 0.126. The van der Waals surface area contributed by atoms with Gasteiger partial charge in [-0.3, -0.25) is 9.59 Å². The normalized spacial score (nSPS) is 18.5. The van der Waals surface area contributed by atoms with Crippen molar-refractivity contribution in [2.75, 3.05) is 14.2 Å². The molecule has 0 saturated heterocycles. The van der Waals surface area contributed by atoms with Crippen molar-refractivity contribution in [3.05, 3.63) is 155 Å². The van der Waals surface area contributed by atoms with Gasteiger partial charge in [-0.25, -0.2) is 28.7 Å². The van der Waals surface area contributed by atoms with E-state index in [2.05, 4.69) is 32.1 Å². The monoisotopic (exact) mass is 838 g/mol. The summed E-state index contributed by atoms with van der Waals surface area (Å²) >= 11 is 0. The molecule has 0 aliphatic heterocycles. The molecule has 12 heteroatoms. The van der Waals surface area contributed by atoms with Crippen molar-refractivity contribution in [1.82, 2.24) is 19.9 Å². The summed E-state index contributed by atoms with van der Waals surface area (Å²) in [6.07, 6.45) is 11.6. The number of carbonyl (C=O) groups excluding carboxylic acids is 2. The van der Waals surface area contributed by atoms with E-state index in [-0.39, 0.29) is 70.7 Å². The molecule has 2 heterocycles. The molecule has 10 nitrogen and oxygen atoms in total. The molecule has 62 heavy (non-hydrogen) atoms. The lowest BCUT2D eigenvalue weighted by molar-refractivity contribution is 0.0979. The van der Waals surface area contributed by atoms with E-state index in [4.69, 9.17) is 20.9 Å². The molecule has 2 aliphatic rings. The molecule has 0 radical (unpaired) electrons. The van der Waals surface area contributed by atoms with Crippen molar-refractivity contribution >= 4 is 11.6 Å². The Balaban J connectivity index is 0.000000186. The number of hydrogen-bond acceptors (Lipinski definition) is 10. The van der Waals surface area contributed by atoms with Gasteiger partial charge >= 0.3 is 0 Å². The number of nitrogens with zero attached hydrogens (tertiary/aromatic N) is 4. The molecule has 0 amide bonds. The molecule has 2 aliphatic carbocycles. The third-order valence-electron chi connectivity index (χ3n) is 12.0. The standard InChI is InChI=1S/2C25H26FN3O2/c2*1-31-23-8-4-7-20(26)24(23)25-28-14-13-21(29-25)22(30)15-17-5-2-3-6-19(17)16-9-11-18(27)12-10-16/h2*2-8,13-14,16,18H,9-12,15,27H2,1H3. The van der Waals surface area contributed by atoms with E-state index in [9.17, 15) is 18.4 Å². The number of methoxy groups -OCH3 is 2. The number of ketones is 2. The Kier molecular flexibility index (Phi) is 14.5. The van der Waals surface area contributed by atoms with E-state index in [0.29, 0.717) is 23.3 Å². The van der Waals surface area contributed by atoms with Crippen LogP contribution in [0.15, 0.2) is 109 Å². The number of benzene rings is 4. The Morgan fingerprint density at radius 3 is 1.32 bits per heavy atom. The summed E-state index contributed by atoms with van der Waals surface area (Å²) in [7, 11) is 2.92. The molecule has 0 unspecified atom stereocenters. The molecule has 2 aromatic heterocycles. The molecule has 4 aromatic carbocycles. The highest BCUT2D eigenvalue weighted by Crippen LogP contribution is 2.37. The lowest BCUT2D eigenvalue weighted by Gasteiger charge is -2.27. The zero-order chi connectivity index (χ0) is 43.6. The molecule has 6 aromatic rings. The third kappa shape index (κ3) is 10.4. The van der Waals surface area contributed by atoms with Crippen LogP contribution >= 0.6 is 0 Å². The summed E-state index contributed by atoms with van der Waals surface area (Å²) in [4.78, 5) is 43.2. The van der Waals surface area contributed by atoms with Gasteiger partial charge < -0.3 is 20.9 Å². The van der Waals surface area contributed by atoms with Gasteiger partial charge in [-0.05, 0) is 122 Å². The second kappa shape index (κ2) is 20.5. The lowest BCUT2D eigenvalue weighted by Crippen LogP contribution is -2.26. The topological polar surface area (TPSA) is 156 Å². The van der Waals surface area contributed by atoms with E-state index in [1.807, 2.05) is 36.4 Å². The number of carbonyl (C=O) groups is 2. The van der Waals surface area contributed by atoms with Crippen LogP contribution in [0.4, 0.5) is 8.78 Å². The first kappa shape index (κ1) is 43.8. The summed E-state index contributed by atoms with van der Waals surface area (Å²) in [5.74, 6) is 0.522. The molecular weight excluding hydrogens is 787 g/mol. The zero-order valence-electron chi connectivity index (χ0n) is 35.1. The summed E-state index contributed by atoms with van der Waals surface area (Å²) in [5.41, 5.74) is 17.4. The summed E-state index contributed by atoms with van der Waals surface area (Å²) in [5, 5.41) is 0. The van der Waals surface area contributed by atoms with Gasteiger partial charge in [0.2, 0.25) is 0 Å². The van der Waals surface area contributed by atoms with E-state index in [1.54, 1.807) is 36.4 Å². The summed E-state index contributed by atoms with van der Waals surface area (Å²) in [6.45, 7) is 0. The highest BCUT2D eigenvalue weighted by molar-refractivity contribution is 5.97. The van der Waals surface area contributed by atoms with Crippen molar-refractivity contribution in [3.8, 4) is 34.3 Å². The molecule has 0 atom stereocenters. The van der Waals surface area contributed by atoms with Crippen LogP contribution < -0.4 is 20.9 Å². The Labute approximate surface area is 361 Å². The van der Waals surface area contributed by atoms with Crippen LogP contribution in [0.25, 0.3) is 22.8 Å². The number of hydrogen-bond donors (Lipinski definition) is 2. The van der Waals surface area contributed by atoms with Gasteiger partial charge in [0.1, 0.15) is 34.5 Å². The van der Waals surface area contributed by atoms with Gasteiger partial charge in [-0.1, -0.05) is 60.7 Å². The predicted octanol–water partition coefficient (Wildman–Crippen LogP) is 9.40. The molecule has 8 rings (SSSR count). The van der Waals surface area contributed by atoms with Crippen molar-refractivity contribution in [2.45, 2.75) is 88.1 Å². The van der Waals surface area contributed by atoms with Gasteiger partial charge in [-0.2, -0.15) is 0 Å². The molecule has 2 fully saturated rings. The predicted molar refractivity (Wildman–Crippen MR) is 235 cm³/mol. The first-order valence-electron chi connectivity index (χ1n) is 21.2. The fourth-order valence-electron chi connectivity index (χ4n) is 8.63. The molecule has 0 spiro atoms. The molecular formula is C50H52F2N6O4. The Morgan fingerprint density at radius 1 is 0.548 bits per heavy atom. The second-order valence-electron chi connectivity index (χ2n) is 16.0. The number of Topliss-reactive ketones (excluding diaryl/α,β-unsaturated/α-hetero) is 2. The highest BCUT2D eigenvalue weighted by Gasteiger charge is 2.25. The molecule has 4 N–H and O–H groups in total. The summed E-state index contributed by atoms with van der Waals surface area (Å²) < 4.78 is 39.4. The number of halogens is 2. The SMILES string of the molecule is COc1cccc(F)c1-c1nccc(C(=O)Cc2ccccc2C2CCC(N)CC2)n1.COc1cccc(F)c1-c1nccc(C(=O)Cc2ccccc2C2CCC(N)CC2)n1. The van der Waals surface area contributed by atoms with Crippen LogP contribution in [0, 0.1) is 11.6 Å². The van der Waals surface area contributed by atoms with Crippen LogP contribution in [0.1, 0.15) is 106 Å². The number of ether oxygens (including phenoxy) is 2. The van der Waals surface area contributed by atoms with Crippen LogP contribution in [0.2, 0.25) is 0 Å². The van der Waals surface area contributed by atoms with Crippen LogP contribution in [0.3, 0.4) is 0 Å². The van der Waals surface area contributed by atoms with Crippen molar-refractivity contribution in [2.24, 2.45) is 11.5 Å². The molecule has 2 saturated carbocycles. The Hall–Kier alpha value is -6.24. The van der Waals surface area contributed by atoms with E-state index < -0.39 is 11.6 Å². The molecule has 0 bridgehead atoms. The average molecular weight is 839 g/mol. The highest BCUT2D eigenvalue weighted by atomic mass is 19.1. The number of rotatable bonds is 12. The van der Waals surface area contributed by atoms with Crippen molar-refractivity contribution in [3.63, 3.8) is 0 Å². The van der Waals surface area contributed by atoms with E-state index in [0.717, 1.165) is 62.5 Å². The van der Waals surface area contributed by atoms with Crippen molar-refractivity contribution < 1.29 is 27.8 Å². The third-order valence-corrected chi connectivity index (χ3v) is 12.0. The van der Waals surface area contributed by atoms with Crippen molar-refractivity contribution in [1.29, 1.82) is 0 Å². The maximum Gasteiger partial charge on any atom is 0.185 e. The minimum Gasteiger partial charge on any atom is -0.496 e. The number of aromatic nitrogens is 4. The summed E-state index contributed by atoms with van der Waals surface area (Å²) in [6, 6.07) is 28.9. The number of nitrogens with two attached hydrogens (primary N) is 2. The van der Waals surface area contributed by atoms with Gasteiger partial charge in [0, 0.05) is 37.3 Å².